The number of fused-ring (bicyclic) bond motifs is 1. The molecule has 1 aliphatic carbocycles. The summed E-state index contributed by atoms with van der Waals surface area (Å²) in [6.07, 6.45) is 0.760. The number of aliphatic hydroxyl groups excluding tert-OH is 1. The Morgan fingerprint density at radius 2 is 1.73 bits per heavy atom. The van der Waals surface area contributed by atoms with Gasteiger partial charge in [-0.25, -0.2) is 0 Å². The summed E-state index contributed by atoms with van der Waals surface area (Å²) < 4.78 is 28.2. The van der Waals surface area contributed by atoms with Gasteiger partial charge in [-0.2, -0.15) is 0 Å². The minimum absolute atomic E-state index is 0.0358. The van der Waals surface area contributed by atoms with E-state index in [1.807, 2.05) is 13.8 Å². The van der Waals surface area contributed by atoms with Gasteiger partial charge in [-0.15, -0.1) is 0 Å². The van der Waals surface area contributed by atoms with E-state index in [1.54, 1.807) is 27.0 Å². The van der Waals surface area contributed by atoms with E-state index in [0.717, 1.165) is 5.57 Å². The van der Waals surface area contributed by atoms with Gasteiger partial charge in [0.1, 0.15) is 6.61 Å². The maximum atomic E-state index is 12.4. The summed E-state index contributed by atoms with van der Waals surface area (Å²) in [4.78, 5) is 24.6. The van der Waals surface area contributed by atoms with E-state index < -0.39 is 24.6 Å². The number of hydrogen-bond acceptors (Lipinski definition) is 8. The van der Waals surface area contributed by atoms with E-state index in [0.29, 0.717) is 24.0 Å². The first-order valence-corrected chi connectivity index (χ1v) is 10.4. The smallest absolute Gasteiger partial charge is 0.310 e. The summed E-state index contributed by atoms with van der Waals surface area (Å²) in [5.74, 6) is -1.75. The topological polar surface area (TPSA) is 101 Å². The van der Waals surface area contributed by atoms with E-state index in [2.05, 4.69) is 0 Å². The number of carbonyl (C=O) groups is 2. The zero-order chi connectivity index (χ0) is 22.4. The molecule has 1 heterocycles. The average Bonchev–Trinajstić information content (AvgIpc) is 3.15. The van der Waals surface area contributed by atoms with Crippen LogP contribution in [0.4, 0.5) is 0 Å². The van der Waals surface area contributed by atoms with Crippen molar-refractivity contribution in [2.24, 2.45) is 17.8 Å². The van der Waals surface area contributed by atoms with E-state index in [4.69, 9.17) is 23.7 Å². The van der Waals surface area contributed by atoms with Crippen LogP contribution >= 0.6 is 0 Å². The molecular weight excluding hydrogens is 392 g/mol. The predicted octanol–water partition coefficient (Wildman–Crippen LogP) is 2.35. The predicted molar refractivity (Wildman–Crippen MR) is 108 cm³/mol. The number of rotatable bonds is 10. The first-order chi connectivity index (χ1) is 14.3. The Kier molecular flexibility index (Phi) is 9.03. The molecule has 0 fully saturated rings. The highest BCUT2D eigenvalue weighted by Crippen LogP contribution is 2.44. The summed E-state index contributed by atoms with van der Waals surface area (Å²) in [5, 5.41) is 9.90. The van der Waals surface area contributed by atoms with Crippen molar-refractivity contribution in [1.29, 1.82) is 0 Å². The van der Waals surface area contributed by atoms with Gasteiger partial charge in [-0.3, -0.25) is 9.59 Å². The van der Waals surface area contributed by atoms with Gasteiger partial charge < -0.3 is 28.8 Å². The second-order valence-corrected chi connectivity index (χ2v) is 7.75. The highest BCUT2D eigenvalue weighted by atomic mass is 16.8. The monoisotopic (exact) mass is 426 g/mol. The quantitative estimate of drug-likeness (QED) is 0.420. The van der Waals surface area contributed by atoms with Crippen LogP contribution in [-0.4, -0.2) is 63.2 Å². The largest absolute Gasteiger partial charge is 0.461 e. The Morgan fingerprint density at radius 1 is 1.10 bits per heavy atom. The molecule has 0 aromatic rings. The number of methoxy groups -OCH3 is 2. The molecule has 0 amide bonds. The second kappa shape index (κ2) is 11.0. The molecule has 0 saturated carbocycles. The number of aliphatic hydroxyl groups is 1. The normalized spacial score (nSPS) is 27.9. The number of esters is 2. The van der Waals surface area contributed by atoms with Gasteiger partial charge >= 0.3 is 11.9 Å². The van der Waals surface area contributed by atoms with Crippen molar-refractivity contribution in [3.05, 3.63) is 22.8 Å². The Hall–Kier alpha value is -1.74. The molecule has 8 heteroatoms. The number of carbonyl (C=O) groups excluding carboxylic acids is 2. The molecule has 0 aromatic heterocycles. The Morgan fingerprint density at radius 3 is 2.27 bits per heavy atom. The van der Waals surface area contributed by atoms with Crippen LogP contribution in [0.25, 0.3) is 0 Å². The van der Waals surface area contributed by atoms with Crippen molar-refractivity contribution in [2.45, 2.75) is 59.2 Å². The van der Waals surface area contributed by atoms with Crippen molar-refractivity contribution in [1.82, 2.24) is 0 Å². The van der Waals surface area contributed by atoms with Gasteiger partial charge in [0.2, 0.25) is 6.29 Å². The maximum Gasteiger partial charge on any atom is 0.310 e. The first kappa shape index (κ1) is 24.5. The number of hydrogen-bond donors (Lipinski definition) is 1. The highest BCUT2D eigenvalue weighted by molar-refractivity contribution is 5.72. The van der Waals surface area contributed by atoms with Gasteiger partial charge in [0, 0.05) is 19.8 Å². The molecule has 1 aliphatic heterocycles. The van der Waals surface area contributed by atoms with Crippen molar-refractivity contribution < 1.29 is 38.4 Å². The lowest BCUT2D eigenvalue weighted by Crippen LogP contribution is -2.44. The third-order valence-corrected chi connectivity index (χ3v) is 5.87. The molecule has 2 aliphatic rings. The van der Waals surface area contributed by atoms with Crippen LogP contribution in [0, 0.1) is 17.8 Å². The summed E-state index contributed by atoms with van der Waals surface area (Å²) in [6, 6.07) is 0. The van der Waals surface area contributed by atoms with E-state index in [-0.39, 0.29) is 37.0 Å². The highest BCUT2D eigenvalue weighted by Gasteiger charge is 2.48. The van der Waals surface area contributed by atoms with Crippen LogP contribution in [0.2, 0.25) is 0 Å². The Balaban J connectivity index is 2.39. The lowest BCUT2D eigenvalue weighted by atomic mass is 9.88. The molecule has 6 unspecified atom stereocenters. The molecule has 6 atom stereocenters. The van der Waals surface area contributed by atoms with Crippen LogP contribution in [-0.2, 0) is 33.3 Å². The molecular formula is C22H34O8. The van der Waals surface area contributed by atoms with E-state index in [1.165, 1.54) is 7.11 Å². The molecule has 0 saturated heterocycles. The third-order valence-electron chi connectivity index (χ3n) is 5.87. The Labute approximate surface area is 178 Å². The van der Waals surface area contributed by atoms with Crippen molar-refractivity contribution in [3.63, 3.8) is 0 Å². The van der Waals surface area contributed by atoms with Gasteiger partial charge in [0.25, 0.3) is 0 Å². The average molecular weight is 427 g/mol. The van der Waals surface area contributed by atoms with E-state index >= 15 is 0 Å². The standard InChI is InChI=1S/C22H34O8/c1-7-12(3)19(24)28-11-15-18-16(26-5)9-14(10-23)17(18)22(30-21(15)27-6)29-20(25)13(4)8-2/h9,12-13,16-17,21-23H,7-8,10-11H2,1-6H3. The van der Waals surface area contributed by atoms with Gasteiger partial charge in [-0.1, -0.05) is 27.7 Å². The molecule has 0 radical (unpaired) electrons. The van der Waals surface area contributed by atoms with Crippen molar-refractivity contribution in [3.8, 4) is 0 Å². The van der Waals surface area contributed by atoms with E-state index in [9.17, 15) is 14.7 Å². The third kappa shape index (κ3) is 5.11. The van der Waals surface area contributed by atoms with Crippen LogP contribution < -0.4 is 0 Å². The molecule has 0 aromatic carbocycles. The fourth-order valence-electron chi connectivity index (χ4n) is 3.53. The SMILES string of the molecule is CCC(C)C(=O)OCC1=C2C(OC)C=C(CO)C2C(OC(=O)C(C)CC)OC1OC. The fraction of sp³-hybridized carbons (Fsp3) is 0.727. The lowest BCUT2D eigenvalue weighted by molar-refractivity contribution is -0.243. The first-order valence-electron chi connectivity index (χ1n) is 10.4. The molecule has 0 spiro atoms. The van der Waals surface area contributed by atoms with Gasteiger partial charge in [-0.05, 0) is 30.1 Å². The molecule has 2 rings (SSSR count). The van der Waals surface area contributed by atoms with Crippen molar-refractivity contribution >= 4 is 11.9 Å². The lowest BCUT2D eigenvalue weighted by Gasteiger charge is -2.38. The summed E-state index contributed by atoms with van der Waals surface area (Å²) in [5.41, 5.74) is 1.96. The summed E-state index contributed by atoms with van der Waals surface area (Å²) >= 11 is 0. The minimum Gasteiger partial charge on any atom is -0.461 e. The van der Waals surface area contributed by atoms with Crippen LogP contribution in [0.15, 0.2) is 22.8 Å². The van der Waals surface area contributed by atoms with Crippen molar-refractivity contribution in [2.75, 3.05) is 27.4 Å². The zero-order valence-corrected chi connectivity index (χ0v) is 18.7. The molecule has 0 bridgehead atoms. The molecule has 170 valence electrons. The molecule has 1 N–H and O–H groups in total. The second-order valence-electron chi connectivity index (χ2n) is 7.75. The van der Waals surface area contributed by atoms with Gasteiger partial charge in [0.05, 0.1) is 30.5 Å². The fourth-order valence-corrected chi connectivity index (χ4v) is 3.53. The van der Waals surface area contributed by atoms with Crippen LogP contribution in [0.5, 0.6) is 0 Å². The summed E-state index contributed by atoms with van der Waals surface area (Å²) in [6.45, 7) is 7.12. The van der Waals surface area contributed by atoms with Crippen LogP contribution in [0.3, 0.4) is 0 Å². The van der Waals surface area contributed by atoms with Crippen LogP contribution in [0.1, 0.15) is 40.5 Å². The Bertz CT molecular complexity index is 683. The number of ether oxygens (including phenoxy) is 5. The zero-order valence-electron chi connectivity index (χ0n) is 18.7. The summed E-state index contributed by atoms with van der Waals surface area (Å²) in [7, 11) is 3.01. The molecule has 8 nitrogen and oxygen atoms in total. The van der Waals surface area contributed by atoms with Gasteiger partial charge in [0.15, 0.2) is 6.29 Å². The maximum absolute atomic E-state index is 12.4. The minimum atomic E-state index is -0.973. The molecule has 30 heavy (non-hydrogen) atoms.